The Kier molecular flexibility index (Phi) is 4.30. The number of carbonyl (C=O) groups is 1. The van der Waals surface area contributed by atoms with Gasteiger partial charge in [-0.2, -0.15) is 0 Å². The minimum absolute atomic E-state index is 0.142. The van der Waals surface area contributed by atoms with Gasteiger partial charge in [0.1, 0.15) is 5.82 Å². The minimum atomic E-state index is -0.142. The second-order valence-electron chi connectivity index (χ2n) is 6.69. The van der Waals surface area contributed by atoms with Gasteiger partial charge in [-0.05, 0) is 41.8 Å². The van der Waals surface area contributed by atoms with Gasteiger partial charge in [0.05, 0.1) is 33.2 Å². The minimum Gasteiger partial charge on any atom is -0.362 e. The second-order valence-corrected chi connectivity index (χ2v) is 8.04. The first-order chi connectivity index (χ1) is 13.7. The number of anilines is 2. The number of carbonyl (C=O) groups excluding carboxylic acids is 1. The van der Waals surface area contributed by atoms with Crippen molar-refractivity contribution < 1.29 is 4.79 Å². The van der Waals surface area contributed by atoms with Crippen molar-refractivity contribution >= 4 is 51.3 Å². The Morgan fingerprint density at radius 3 is 2.82 bits per heavy atom. The highest BCUT2D eigenvalue weighted by molar-refractivity contribution is 7.12. The molecule has 0 atom stereocenters. The summed E-state index contributed by atoms with van der Waals surface area (Å²) in [6.45, 7) is 2.49. The summed E-state index contributed by atoms with van der Waals surface area (Å²) in [6, 6.07) is 17.6. The third kappa shape index (κ3) is 3.04. The van der Waals surface area contributed by atoms with Gasteiger partial charge in [0.2, 0.25) is 0 Å². The van der Waals surface area contributed by atoms with Crippen molar-refractivity contribution in [2.24, 2.45) is 0 Å². The van der Waals surface area contributed by atoms with Crippen molar-refractivity contribution in [3.63, 3.8) is 0 Å². The number of fused-ring (bicyclic) bond motifs is 3. The molecule has 3 heterocycles. The topological polar surface area (TPSA) is 50.2 Å². The number of aromatic nitrogens is 2. The molecule has 1 amide bonds. The largest absolute Gasteiger partial charge is 0.362 e. The lowest BCUT2D eigenvalue weighted by molar-refractivity contribution is 0.103. The first-order valence-corrected chi connectivity index (χ1v) is 10.3. The van der Waals surface area contributed by atoms with Gasteiger partial charge >= 0.3 is 0 Å². The molecule has 2 aromatic heterocycles. The lowest BCUT2D eigenvalue weighted by Gasteiger charge is -2.30. The summed E-state index contributed by atoms with van der Waals surface area (Å²) in [5.74, 6) is 0.912. The van der Waals surface area contributed by atoms with Crippen LogP contribution in [0.15, 0.2) is 60.0 Å². The lowest BCUT2D eigenvalue weighted by Crippen LogP contribution is -2.33. The molecule has 5 rings (SSSR count). The first kappa shape index (κ1) is 17.3. The summed E-state index contributed by atoms with van der Waals surface area (Å²) >= 11 is 7.86. The number of imidazole rings is 1. The van der Waals surface area contributed by atoms with Crippen LogP contribution in [0.2, 0.25) is 5.02 Å². The van der Waals surface area contributed by atoms with Gasteiger partial charge in [-0.3, -0.25) is 4.79 Å². The van der Waals surface area contributed by atoms with E-state index in [4.69, 9.17) is 16.6 Å². The second kappa shape index (κ2) is 6.96. The van der Waals surface area contributed by atoms with Crippen molar-refractivity contribution in [2.45, 2.75) is 13.1 Å². The van der Waals surface area contributed by atoms with E-state index in [1.807, 2.05) is 47.8 Å². The van der Waals surface area contributed by atoms with Gasteiger partial charge in [0, 0.05) is 18.8 Å². The number of para-hydroxylation sites is 2. The zero-order valence-corrected chi connectivity index (χ0v) is 16.5. The number of thiophene rings is 1. The van der Waals surface area contributed by atoms with E-state index in [1.165, 1.54) is 16.9 Å². The number of rotatable bonds is 3. The van der Waals surface area contributed by atoms with Crippen molar-refractivity contribution in [1.29, 1.82) is 0 Å². The van der Waals surface area contributed by atoms with Gasteiger partial charge in [0.25, 0.3) is 5.91 Å². The number of hydrogen-bond acceptors (Lipinski definition) is 4. The molecule has 2 aromatic carbocycles. The van der Waals surface area contributed by atoms with Crippen LogP contribution >= 0.6 is 22.9 Å². The maximum absolute atomic E-state index is 12.3. The molecular weight excluding hydrogens is 392 g/mol. The standard InChI is InChI=1S/C21H17ClN4OS/c22-15-12-14(7-8-16(15)24-21(27)19-6-3-11-28-19)25-9-10-26-18-5-2-1-4-17(18)23-20(26)13-25/h1-8,11-12H,9-10,13H2,(H,24,27). The van der Waals surface area contributed by atoms with E-state index in [1.54, 1.807) is 6.07 Å². The van der Waals surface area contributed by atoms with E-state index in [0.29, 0.717) is 15.6 Å². The molecule has 0 spiro atoms. The number of nitrogens with one attached hydrogen (secondary N) is 1. The van der Waals surface area contributed by atoms with Gasteiger partial charge in [0.15, 0.2) is 0 Å². The molecule has 140 valence electrons. The first-order valence-electron chi connectivity index (χ1n) is 9.02. The molecule has 1 N–H and O–H groups in total. The maximum Gasteiger partial charge on any atom is 0.265 e. The van der Waals surface area contributed by atoms with Crippen LogP contribution in [0.1, 0.15) is 15.5 Å². The highest BCUT2D eigenvalue weighted by Crippen LogP contribution is 2.31. The fraction of sp³-hybridized carbons (Fsp3) is 0.143. The predicted molar refractivity (Wildman–Crippen MR) is 115 cm³/mol. The Morgan fingerprint density at radius 2 is 2.00 bits per heavy atom. The fourth-order valence-electron chi connectivity index (χ4n) is 3.58. The van der Waals surface area contributed by atoms with Crippen LogP contribution in [0.25, 0.3) is 11.0 Å². The molecule has 1 aliphatic heterocycles. The van der Waals surface area contributed by atoms with Gasteiger partial charge in [-0.15, -0.1) is 11.3 Å². The van der Waals surface area contributed by atoms with Crippen LogP contribution in [0, 0.1) is 0 Å². The quantitative estimate of drug-likeness (QED) is 0.517. The van der Waals surface area contributed by atoms with E-state index in [9.17, 15) is 4.79 Å². The van der Waals surface area contributed by atoms with Crippen LogP contribution in [0.4, 0.5) is 11.4 Å². The summed E-state index contributed by atoms with van der Waals surface area (Å²) in [7, 11) is 0. The smallest absolute Gasteiger partial charge is 0.265 e. The van der Waals surface area contributed by atoms with Crippen LogP contribution in [-0.2, 0) is 13.1 Å². The molecule has 0 saturated carbocycles. The SMILES string of the molecule is O=C(Nc1ccc(N2CCn3c(nc4ccccc43)C2)cc1Cl)c1cccs1. The lowest BCUT2D eigenvalue weighted by atomic mass is 10.2. The molecule has 0 unspecified atom stereocenters. The molecule has 1 aliphatic rings. The van der Waals surface area contributed by atoms with Crippen LogP contribution in [-0.4, -0.2) is 22.0 Å². The van der Waals surface area contributed by atoms with E-state index in [2.05, 4.69) is 20.9 Å². The zero-order valence-electron chi connectivity index (χ0n) is 14.9. The van der Waals surface area contributed by atoms with Crippen LogP contribution < -0.4 is 10.2 Å². The van der Waals surface area contributed by atoms with E-state index < -0.39 is 0 Å². The highest BCUT2D eigenvalue weighted by atomic mass is 35.5. The molecule has 4 aromatic rings. The van der Waals surface area contributed by atoms with Gasteiger partial charge < -0.3 is 14.8 Å². The molecule has 7 heteroatoms. The Labute approximate surface area is 171 Å². The summed E-state index contributed by atoms with van der Waals surface area (Å²) < 4.78 is 2.28. The average molecular weight is 409 g/mol. The molecular formula is C21H17ClN4OS. The number of hydrogen-bond donors (Lipinski definition) is 1. The van der Waals surface area contributed by atoms with E-state index in [0.717, 1.165) is 36.7 Å². The Balaban J connectivity index is 1.37. The van der Waals surface area contributed by atoms with Crippen molar-refractivity contribution in [1.82, 2.24) is 9.55 Å². The number of nitrogens with zero attached hydrogens (tertiary/aromatic N) is 3. The summed E-state index contributed by atoms with van der Waals surface area (Å²) in [5.41, 5.74) is 3.86. The number of halogens is 1. The third-order valence-electron chi connectivity index (χ3n) is 4.97. The molecule has 0 aliphatic carbocycles. The Bertz CT molecular complexity index is 1170. The summed E-state index contributed by atoms with van der Waals surface area (Å²) in [6.07, 6.45) is 0. The average Bonchev–Trinajstić information content (AvgIpc) is 3.37. The van der Waals surface area contributed by atoms with Crippen molar-refractivity contribution in [3.05, 3.63) is 75.7 Å². The fourth-order valence-corrected chi connectivity index (χ4v) is 4.42. The summed E-state index contributed by atoms with van der Waals surface area (Å²) in [4.78, 5) is 19.9. The zero-order chi connectivity index (χ0) is 19.1. The Hall–Kier alpha value is -2.83. The van der Waals surface area contributed by atoms with Crippen molar-refractivity contribution in [3.8, 4) is 0 Å². The van der Waals surface area contributed by atoms with Crippen molar-refractivity contribution in [2.75, 3.05) is 16.8 Å². The van der Waals surface area contributed by atoms with E-state index in [-0.39, 0.29) is 5.91 Å². The maximum atomic E-state index is 12.3. The van der Waals surface area contributed by atoms with Crippen LogP contribution in [0.5, 0.6) is 0 Å². The Morgan fingerprint density at radius 1 is 1.11 bits per heavy atom. The van der Waals surface area contributed by atoms with Gasteiger partial charge in [-0.25, -0.2) is 4.98 Å². The highest BCUT2D eigenvalue weighted by Gasteiger charge is 2.21. The third-order valence-corrected chi connectivity index (χ3v) is 6.15. The predicted octanol–water partition coefficient (Wildman–Crippen LogP) is 5.02. The summed E-state index contributed by atoms with van der Waals surface area (Å²) in [5, 5.41) is 5.29. The van der Waals surface area contributed by atoms with Crippen LogP contribution in [0.3, 0.4) is 0 Å². The number of amides is 1. The molecule has 0 saturated heterocycles. The van der Waals surface area contributed by atoms with Gasteiger partial charge in [-0.1, -0.05) is 29.8 Å². The molecule has 0 bridgehead atoms. The molecule has 0 radical (unpaired) electrons. The normalized spacial score (nSPS) is 13.5. The number of benzene rings is 2. The monoisotopic (exact) mass is 408 g/mol. The molecule has 28 heavy (non-hydrogen) atoms. The molecule has 0 fully saturated rings. The molecule has 5 nitrogen and oxygen atoms in total. The van der Waals surface area contributed by atoms with E-state index >= 15 is 0 Å².